The Hall–Kier alpha value is -0.810. The van der Waals surface area contributed by atoms with Gasteiger partial charge in [-0.1, -0.05) is 0 Å². The van der Waals surface area contributed by atoms with Gasteiger partial charge in [-0.05, 0) is 20.8 Å². The number of carbonyl (C=O) groups excluding carboxylic acids is 1. The average molecular weight is 216 g/mol. The molecule has 0 aliphatic carbocycles. The van der Waals surface area contributed by atoms with E-state index in [1.807, 2.05) is 20.8 Å². The van der Waals surface area contributed by atoms with E-state index in [1.165, 1.54) is 0 Å². The summed E-state index contributed by atoms with van der Waals surface area (Å²) < 4.78 is 5.21. The maximum atomic E-state index is 11.6. The van der Waals surface area contributed by atoms with Gasteiger partial charge >= 0.3 is 6.09 Å². The van der Waals surface area contributed by atoms with Crippen molar-refractivity contribution >= 4 is 6.09 Å². The summed E-state index contributed by atoms with van der Waals surface area (Å²) >= 11 is 0. The molecule has 5 heteroatoms. The Labute approximate surface area is 90.2 Å². The predicted octanol–water partition coefficient (Wildman–Crippen LogP) is 0.173. The zero-order chi connectivity index (χ0) is 11.6. The molecule has 1 fully saturated rings. The summed E-state index contributed by atoms with van der Waals surface area (Å²) in [7, 11) is 0. The largest absolute Gasteiger partial charge is 0.444 e. The van der Waals surface area contributed by atoms with Gasteiger partial charge < -0.3 is 20.5 Å². The molecule has 0 saturated carbocycles. The molecular weight excluding hydrogens is 196 g/mol. The Balaban J connectivity index is 2.50. The highest BCUT2D eigenvalue weighted by Gasteiger charge is 2.34. The van der Waals surface area contributed by atoms with Crippen molar-refractivity contribution in [1.82, 2.24) is 4.90 Å². The molecule has 0 bridgehead atoms. The van der Waals surface area contributed by atoms with E-state index in [0.717, 1.165) is 0 Å². The molecule has 88 valence electrons. The van der Waals surface area contributed by atoms with Crippen LogP contribution in [0, 0.1) is 5.92 Å². The third kappa shape index (κ3) is 3.35. The number of nitrogens with zero attached hydrogens (tertiary/aromatic N) is 1. The van der Waals surface area contributed by atoms with Gasteiger partial charge in [-0.25, -0.2) is 4.79 Å². The van der Waals surface area contributed by atoms with Crippen LogP contribution in [0.25, 0.3) is 0 Å². The first-order valence-corrected chi connectivity index (χ1v) is 5.18. The Morgan fingerprint density at radius 3 is 2.53 bits per heavy atom. The molecule has 1 aliphatic heterocycles. The molecule has 0 spiro atoms. The molecule has 1 unspecified atom stereocenters. The maximum absolute atomic E-state index is 11.6. The first kappa shape index (κ1) is 12.3. The molecule has 0 radical (unpaired) electrons. The highest BCUT2D eigenvalue weighted by molar-refractivity contribution is 5.68. The number of amides is 1. The Bertz CT molecular complexity index is 237. The van der Waals surface area contributed by atoms with Crippen LogP contribution in [0.5, 0.6) is 0 Å². The predicted molar refractivity (Wildman–Crippen MR) is 56.4 cm³/mol. The van der Waals surface area contributed by atoms with Crippen LogP contribution < -0.4 is 5.73 Å². The monoisotopic (exact) mass is 216 g/mol. The number of carbonyl (C=O) groups is 1. The fourth-order valence-electron chi connectivity index (χ4n) is 1.57. The van der Waals surface area contributed by atoms with Crippen molar-refractivity contribution in [3.05, 3.63) is 0 Å². The number of aliphatic hydroxyl groups is 1. The second-order valence-corrected chi connectivity index (χ2v) is 4.99. The zero-order valence-corrected chi connectivity index (χ0v) is 9.56. The topological polar surface area (TPSA) is 75.8 Å². The van der Waals surface area contributed by atoms with E-state index in [9.17, 15) is 4.79 Å². The minimum absolute atomic E-state index is 0.0143. The maximum Gasteiger partial charge on any atom is 0.410 e. The second-order valence-electron chi connectivity index (χ2n) is 4.99. The molecular formula is C10H20N2O3. The summed E-state index contributed by atoms with van der Waals surface area (Å²) in [5, 5.41) is 9.01. The summed E-state index contributed by atoms with van der Waals surface area (Å²) in [6.07, 6.45) is -0.353. The van der Waals surface area contributed by atoms with Crippen molar-refractivity contribution in [2.24, 2.45) is 11.7 Å². The summed E-state index contributed by atoms with van der Waals surface area (Å²) in [5.41, 5.74) is 5.28. The quantitative estimate of drug-likeness (QED) is 0.655. The highest BCUT2D eigenvalue weighted by atomic mass is 16.6. The minimum Gasteiger partial charge on any atom is -0.444 e. The Morgan fingerprint density at radius 2 is 2.13 bits per heavy atom. The second kappa shape index (κ2) is 4.37. The Kier molecular flexibility index (Phi) is 3.57. The van der Waals surface area contributed by atoms with Crippen molar-refractivity contribution in [3.63, 3.8) is 0 Å². The van der Waals surface area contributed by atoms with E-state index in [0.29, 0.717) is 13.1 Å². The number of hydrogen-bond acceptors (Lipinski definition) is 4. The lowest BCUT2D eigenvalue weighted by molar-refractivity contribution is 0.0283. The first-order chi connectivity index (χ1) is 6.83. The average Bonchev–Trinajstić information content (AvgIpc) is 2.43. The smallest absolute Gasteiger partial charge is 0.410 e. The lowest BCUT2D eigenvalue weighted by atomic mass is 10.1. The molecule has 1 saturated heterocycles. The van der Waals surface area contributed by atoms with Crippen molar-refractivity contribution < 1.29 is 14.6 Å². The van der Waals surface area contributed by atoms with Crippen molar-refractivity contribution in [3.8, 4) is 0 Å². The summed E-state index contributed by atoms with van der Waals surface area (Å²) in [6.45, 7) is 6.42. The van der Waals surface area contributed by atoms with Crippen LogP contribution in [-0.4, -0.2) is 47.4 Å². The fraction of sp³-hybridized carbons (Fsp3) is 0.900. The number of nitrogens with two attached hydrogens (primary N) is 1. The van der Waals surface area contributed by atoms with E-state index in [1.54, 1.807) is 4.90 Å². The molecule has 1 amide bonds. The van der Waals surface area contributed by atoms with Crippen LogP contribution in [0.15, 0.2) is 0 Å². The standard InChI is InChI=1S/C10H20N2O3/c1-10(2,3)15-9(14)12-4-7(6-13)8(11)5-12/h7-8,13H,4-6,11H2,1-3H3/t7?,8-/m0/s1. The third-order valence-electron chi connectivity index (χ3n) is 2.38. The van der Waals surface area contributed by atoms with Gasteiger partial charge in [-0.2, -0.15) is 0 Å². The molecule has 1 heterocycles. The first-order valence-electron chi connectivity index (χ1n) is 5.18. The van der Waals surface area contributed by atoms with Gasteiger partial charge in [0.1, 0.15) is 5.60 Å². The van der Waals surface area contributed by atoms with Crippen LogP contribution in [0.4, 0.5) is 4.79 Å². The van der Waals surface area contributed by atoms with E-state index < -0.39 is 5.60 Å². The number of ether oxygens (including phenoxy) is 1. The van der Waals surface area contributed by atoms with E-state index >= 15 is 0 Å². The third-order valence-corrected chi connectivity index (χ3v) is 2.38. The normalized spacial score (nSPS) is 26.9. The van der Waals surface area contributed by atoms with E-state index in [2.05, 4.69) is 0 Å². The highest BCUT2D eigenvalue weighted by Crippen LogP contribution is 2.18. The minimum atomic E-state index is -0.488. The van der Waals surface area contributed by atoms with E-state index in [-0.39, 0.29) is 24.7 Å². The zero-order valence-electron chi connectivity index (χ0n) is 9.56. The summed E-state index contributed by atoms with van der Waals surface area (Å²) in [5.74, 6) is -0.0301. The molecule has 0 aromatic heterocycles. The lowest BCUT2D eigenvalue weighted by Crippen LogP contribution is -2.36. The number of rotatable bonds is 1. The van der Waals surface area contributed by atoms with Crippen LogP contribution in [0.3, 0.4) is 0 Å². The summed E-state index contributed by atoms with van der Waals surface area (Å²) in [4.78, 5) is 13.2. The Morgan fingerprint density at radius 1 is 1.53 bits per heavy atom. The molecule has 3 N–H and O–H groups in total. The molecule has 0 aromatic carbocycles. The van der Waals surface area contributed by atoms with Crippen molar-refractivity contribution in [1.29, 1.82) is 0 Å². The van der Waals surface area contributed by atoms with E-state index in [4.69, 9.17) is 15.6 Å². The van der Waals surface area contributed by atoms with Crippen LogP contribution in [0.2, 0.25) is 0 Å². The molecule has 0 aromatic rings. The van der Waals surface area contributed by atoms with Crippen molar-refractivity contribution in [2.45, 2.75) is 32.4 Å². The molecule has 5 nitrogen and oxygen atoms in total. The fourth-order valence-corrected chi connectivity index (χ4v) is 1.57. The van der Waals surface area contributed by atoms with Gasteiger partial charge in [-0.3, -0.25) is 0 Å². The van der Waals surface area contributed by atoms with Crippen molar-refractivity contribution in [2.75, 3.05) is 19.7 Å². The molecule has 1 rings (SSSR count). The van der Waals surface area contributed by atoms with Crippen LogP contribution >= 0.6 is 0 Å². The molecule has 2 atom stereocenters. The van der Waals surface area contributed by atoms with Crippen LogP contribution in [-0.2, 0) is 4.74 Å². The number of hydrogen-bond donors (Lipinski definition) is 2. The summed E-state index contributed by atoms with van der Waals surface area (Å²) in [6, 6.07) is -0.150. The molecule has 15 heavy (non-hydrogen) atoms. The number of likely N-dealkylation sites (tertiary alicyclic amines) is 1. The van der Waals surface area contributed by atoms with Crippen LogP contribution in [0.1, 0.15) is 20.8 Å². The van der Waals surface area contributed by atoms with Gasteiger partial charge in [-0.15, -0.1) is 0 Å². The number of aliphatic hydroxyl groups excluding tert-OH is 1. The molecule has 1 aliphatic rings. The SMILES string of the molecule is CC(C)(C)OC(=O)N1CC(CO)[C@@H](N)C1. The van der Waals surface area contributed by atoms with Gasteiger partial charge in [0.05, 0.1) is 0 Å². The lowest BCUT2D eigenvalue weighted by Gasteiger charge is -2.24. The van der Waals surface area contributed by atoms with Gasteiger partial charge in [0.25, 0.3) is 0 Å². The van der Waals surface area contributed by atoms with Gasteiger partial charge in [0, 0.05) is 31.7 Å². The van der Waals surface area contributed by atoms with Gasteiger partial charge in [0.2, 0.25) is 0 Å². The van der Waals surface area contributed by atoms with Gasteiger partial charge in [0.15, 0.2) is 0 Å².